The first-order valence-electron chi connectivity index (χ1n) is 8.39. The molecule has 1 saturated heterocycles. The number of benzene rings is 1. The van der Waals surface area contributed by atoms with Crippen LogP contribution in [-0.2, 0) is 14.8 Å². The Labute approximate surface area is 163 Å². The van der Waals surface area contributed by atoms with Gasteiger partial charge in [-0.05, 0) is 56.9 Å². The average Bonchev–Trinajstić information content (AvgIpc) is 2.57. The Kier molecular flexibility index (Phi) is 7.37. The fourth-order valence-corrected chi connectivity index (χ4v) is 5.29. The van der Waals surface area contributed by atoms with Crippen LogP contribution >= 0.6 is 27.7 Å². The van der Waals surface area contributed by atoms with Gasteiger partial charge in [0.1, 0.15) is 0 Å². The van der Waals surface area contributed by atoms with Crippen LogP contribution in [0.25, 0.3) is 0 Å². The molecule has 0 saturated carbocycles. The Bertz CT molecular complexity index is 730. The molecule has 1 aliphatic heterocycles. The summed E-state index contributed by atoms with van der Waals surface area (Å²) < 4.78 is 26.3. The standard InChI is InChI=1S/C17H25BrN2O3S2/c1-4-25(22,23)20-7-5-14(6-8-20)19-17(21)11-24-16-10-12(2)15(18)9-13(16)3/h9-10,14H,4-8,11H2,1-3H3,(H,19,21). The predicted molar refractivity (Wildman–Crippen MR) is 107 cm³/mol. The molecule has 140 valence electrons. The van der Waals surface area contributed by atoms with Gasteiger partial charge in [0.05, 0.1) is 11.5 Å². The summed E-state index contributed by atoms with van der Waals surface area (Å²) in [6, 6.07) is 4.22. The molecule has 0 atom stereocenters. The van der Waals surface area contributed by atoms with Crippen molar-refractivity contribution in [2.24, 2.45) is 0 Å². The number of carbonyl (C=O) groups is 1. The Hall–Kier alpha value is -0.570. The predicted octanol–water partition coefficient (Wildman–Crippen LogP) is 3.09. The van der Waals surface area contributed by atoms with E-state index in [4.69, 9.17) is 0 Å². The molecule has 5 nitrogen and oxygen atoms in total. The number of halogens is 1. The maximum Gasteiger partial charge on any atom is 0.230 e. The lowest BCUT2D eigenvalue weighted by Gasteiger charge is -2.31. The summed E-state index contributed by atoms with van der Waals surface area (Å²) in [5, 5.41) is 3.03. The van der Waals surface area contributed by atoms with E-state index < -0.39 is 10.0 Å². The summed E-state index contributed by atoms with van der Waals surface area (Å²) in [5.41, 5.74) is 2.30. The number of nitrogens with one attached hydrogen (secondary N) is 1. The smallest absolute Gasteiger partial charge is 0.230 e. The van der Waals surface area contributed by atoms with E-state index in [-0.39, 0.29) is 17.7 Å². The lowest BCUT2D eigenvalue weighted by molar-refractivity contribution is -0.119. The minimum Gasteiger partial charge on any atom is -0.353 e. The Balaban J connectivity index is 1.81. The zero-order chi connectivity index (χ0) is 18.6. The Morgan fingerprint density at radius 1 is 1.28 bits per heavy atom. The highest BCUT2D eigenvalue weighted by molar-refractivity contribution is 9.10. The van der Waals surface area contributed by atoms with Crippen molar-refractivity contribution in [2.45, 2.75) is 44.6 Å². The molecule has 0 bridgehead atoms. The molecule has 0 aliphatic carbocycles. The van der Waals surface area contributed by atoms with Crippen molar-refractivity contribution in [3.8, 4) is 0 Å². The van der Waals surface area contributed by atoms with Crippen molar-refractivity contribution in [3.05, 3.63) is 27.7 Å². The molecule has 1 fully saturated rings. The molecule has 0 aromatic heterocycles. The van der Waals surface area contributed by atoms with Crippen LogP contribution in [0.5, 0.6) is 0 Å². The molecule has 1 amide bonds. The zero-order valence-electron chi connectivity index (χ0n) is 14.8. The van der Waals surface area contributed by atoms with Crippen LogP contribution in [-0.4, -0.2) is 49.3 Å². The molecule has 0 spiro atoms. The first-order valence-corrected chi connectivity index (χ1v) is 11.8. The number of rotatable bonds is 6. The molecule has 1 aliphatic rings. The van der Waals surface area contributed by atoms with Gasteiger partial charge in [0.15, 0.2) is 0 Å². The molecule has 1 aromatic carbocycles. The van der Waals surface area contributed by atoms with Crippen LogP contribution in [0.4, 0.5) is 0 Å². The highest BCUT2D eigenvalue weighted by atomic mass is 79.9. The number of piperidine rings is 1. The van der Waals surface area contributed by atoms with Crippen LogP contribution in [0.1, 0.15) is 30.9 Å². The molecule has 1 aromatic rings. The third-order valence-electron chi connectivity index (χ3n) is 4.39. The number of aryl methyl sites for hydroxylation is 2. The molecule has 0 radical (unpaired) electrons. The lowest BCUT2D eigenvalue weighted by atomic mass is 10.1. The minimum atomic E-state index is -3.12. The van der Waals surface area contributed by atoms with Crippen LogP contribution < -0.4 is 5.32 Å². The third-order valence-corrected chi connectivity index (χ3v) is 8.29. The number of amides is 1. The molecular weight excluding hydrogens is 424 g/mol. The largest absolute Gasteiger partial charge is 0.353 e. The van der Waals surface area contributed by atoms with E-state index in [0.29, 0.717) is 31.7 Å². The fourth-order valence-electron chi connectivity index (χ4n) is 2.78. The van der Waals surface area contributed by atoms with Gasteiger partial charge < -0.3 is 5.32 Å². The second-order valence-corrected chi connectivity index (χ2v) is 10.4. The van der Waals surface area contributed by atoms with Gasteiger partial charge in [-0.2, -0.15) is 0 Å². The normalized spacial score (nSPS) is 16.8. The number of thioether (sulfide) groups is 1. The number of hydrogen-bond donors (Lipinski definition) is 1. The third kappa shape index (κ3) is 5.70. The van der Waals surface area contributed by atoms with Gasteiger partial charge in [-0.3, -0.25) is 4.79 Å². The van der Waals surface area contributed by atoms with Crippen LogP contribution in [0, 0.1) is 13.8 Å². The van der Waals surface area contributed by atoms with E-state index in [1.807, 2.05) is 13.8 Å². The van der Waals surface area contributed by atoms with Crippen molar-refractivity contribution in [3.63, 3.8) is 0 Å². The monoisotopic (exact) mass is 448 g/mol. The maximum absolute atomic E-state index is 12.2. The lowest BCUT2D eigenvalue weighted by Crippen LogP contribution is -2.47. The maximum atomic E-state index is 12.2. The summed E-state index contributed by atoms with van der Waals surface area (Å²) in [7, 11) is -3.12. The van der Waals surface area contributed by atoms with Gasteiger partial charge in [0, 0.05) is 28.5 Å². The fraction of sp³-hybridized carbons (Fsp3) is 0.588. The van der Waals surface area contributed by atoms with Gasteiger partial charge in [0.25, 0.3) is 0 Å². The van der Waals surface area contributed by atoms with Crippen LogP contribution in [0.3, 0.4) is 0 Å². The van der Waals surface area contributed by atoms with Crippen LogP contribution in [0.15, 0.2) is 21.5 Å². The van der Waals surface area contributed by atoms with Crippen molar-refractivity contribution < 1.29 is 13.2 Å². The van der Waals surface area contributed by atoms with Crippen LogP contribution in [0.2, 0.25) is 0 Å². The summed E-state index contributed by atoms with van der Waals surface area (Å²) >= 11 is 5.05. The van der Waals surface area contributed by atoms with Crippen molar-refractivity contribution in [2.75, 3.05) is 24.6 Å². The number of carbonyl (C=O) groups excluding carboxylic acids is 1. The molecule has 1 N–H and O–H groups in total. The number of hydrogen-bond acceptors (Lipinski definition) is 4. The highest BCUT2D eigenvalue weighted by Crippen LogP contribution is 2.28. The molecular formula is C17H25BrN2O3S2. The first-order chi connectivity index (χ1) is 11.7. The van der Waals surface area contributed by atoms with Gasteiger partial charge in [-0.25, -0.2) is 12.7 Å². The summed E-state index contributed by atoms with van der Waals surface area (Å²) in [4.78, 5) is 13.3. The van der Waals surface area contributed by atoms with Gasteiger partial charge in [-0.15, -0.1) is 11.8 Å². The van der Waals surface area contributed by atoms with E-state index in [1.54, 1.807) is 6.92 Å². The quantitative estimate of drug-likeness (QED) is 0.678. The highest BCUT2D eigenvalue weighted by Gasteiger charge is 2.27. The molecule has 8 heteroatoms. The molecule has 2 rings (SSSR count). The number of nitrogens with zero attached hydrogens (tertiary/aromatic N) is 1. The first kappa shape index (κ1) is 20.7. The molecule has 0 unspecified atom stereocenters. The van der Waals surface area contributed by atoms with Gasteiger partial charge in [-0.1, -0.05) is 15.9 Å². The van der Waals surface area contributed by atoms with E-state index >= 15 is 0 Å². The zero-order valence-corrected chi connectivity index (χ0v) is 18.1. The minimum absolute atomic E-state index is 0.00164. The topological polar surface area (TPSA) is 66.5 Å². The Morgan fingerprint density at radius 2 is 1.92 bits per heavy atom. The second kappa shape index (κ2) is 8.88. The summed E-state index contributed by atoms with van der Waals surface area (Å²) in [6.07, 6.45) is 1.35. The SMILES string of the molecule is CCS(=O)(=O)N1CCC(NC(=O)CSc2cc(C)c(Br)cc2C)CC1. The van der Waals surface area contributed by atoms with Gasteiger partial charge in [0.2, 0.25) is 15.9 Å². The van der Waals surface area contributed by atoms with Crippen molar-refractivity contribution >= 4 is 43.6 Å². The average molecular weight is 449 g/mol. The summed E-state index contributed by atoms with van der Waals surface area (Å²) in [5.74, 6) is 0.504. The van der Waals surface area contributed by atoms with Gasteiger partial charge >= 0.3 is 0 Å². The van der Waals surface area contributed by atoms with E-state index in [0.717, 1.165) is 20.5 Å². The number of sulfonamides is 1. The van der Waals surface area contributed by atoms with E-state index in [2.05, 4.69) is 33.4 Å². The Morgan fingerprint density at radius 3 is 2.52 bits per heavy atom. The van der Waals surface area contributed by atoms with E-state index in [1.165, 1.54) is 16.1 Å². The van der Waals surface area contributed by atoms with Crippen molar-refractivity contribution in [1.82, 2.24) is 9.62 Å². The second-order valence-electron chi connectivity index (χ2n) is 6.30. The van der Waals surface area contributed by atoms with Crippen molar-refractivity contribution in [1.29, 1.82) is 0 Å². The molecule has 1 heterocycles. The van der Waals surface area contributed by atoms with E-state index in [9.17, 15) is 13.2 Å². The summed E-state index contributed by atoms with van der Waals surface area (Å²) in [6.45, 7) is 6.70. The molecule has 25 heavy (non-hydrogen) atoms.